The Morgan fingerprint density at radius 1 is 1.60 bits per heavy atom. The molecule has 6 nitrogen and oxygen atoms in total. The Kier molecular flexibility index (Phi) is 2.05. The van der Waals surface area contributed by atoms with Crippen LogP contribution in [0.15, 0.2) is 18.3 Å². The molecule has 2 heterocycles. The van der Waals surface area contributed by atoms with Gasteiger partial charge in [-0.3, -0.25) is 0 Å². The molecule has 6 heteroatoms. The number of nitrogen functional groups attached to an aromatic ring is 1. The van der Waals surface area contributed by atoms with E-state index in [0.29, 0.717) is 11.2 Å². The number of aliphatic hydroxyl groups excluding tert-OH is 1. The first-order chi connectivity index (χ1) is 7.13. The van der Waals surface area contributed by atoms with E-state index in [9.17, 15) is 4.79 Å². The van der Waals surface area contributed by atoms with Crippen LogP contribution in [0.1, 0.15) is 16.3 Å². The number of pyridine rings is 1. The van der Waals surface area contributed by atoms with Gasteiger partial charge in [-0.15, -0.1) is 0 Å². The van der Waals surface area contributed by atoms with Crippen molar-refractivity contribution >= 4 is 17.2 Å². The molecule has 0 atom stereocenters. The molecule has 2 aromatic heterocycles. The van der Waals surface area contributed by atoms with Crippen LogP contribution in [0.4, 0.5) is 5.69 Å². The highest BCUT2D eigenvalue weighted by atomic mass is 16.4. The minimum atomic E-state index is -1.14. The van der Waals surface area contributed by atoms with Gasteiger partial charge in [0.25, 0.3) is 0 Å². The Morgan fingerprint density at radius 2 is 2.33 bits per heavy atom. The van der Waals surface area contributed by atoms with Gasteiger partial charge in [0, 0.05) is 11.9 Å². The maximum Gasteiger partial charge on any atom is 0.356 e. The molecule has 0 unspecified atom stereocenters. The molecule has 0 radical (unpaired) electrons. The van der Waals surface area contributed by atoms with E-state index in [4.69, 9.17) is 15.9 Å². The zero-order valence-corrected chi connectivity index (χ0v) is 7.71. The summed E-state index contributed by atoms with van der Waals surface area (Å²) >= 11 is 0. The van der Waals surface area contributed by atoms with Crippen molar-refractivity contribution in [3.63, 3.8) is 0 Å². The molecule has 2 aromatic rings. The minimum Gasteiger partial charge on any atom is -0.476 e. The summed E-state index contributed by atoms with van der Waals surface area (Å²) in [6, 6.07) is 3.12. The van der Waals surface area contributed by atoms with Gasteiger partial charge in [0.2, 0.25) is 0 Å². The number of carboxylic acids is 1. The molecular weight excluding hydrogens is 198 g/mol. The molecule has 0 amide bonds. The van der Waals surface area contributed by atoms with Crippen molar-refractivity contribution in [1.29, 1.82) is 0 Å². The predicted octanol–water partition coefficient (Wildman–Crippen LogP) is 0.107. The number of rotatable bonds is 2. The molecule has 0 aliphatic carbocycles. The summed E-state index contributed by atoms with van der Waals surface area (Å²) in [5, 5.41) is 17.9. The summed E-state index contributed by atoms with van der Waals surface area (Å²) in [7, 11) is 0. The summed E-state index contributed by atoms with van der Waals surface area (Å²) in [4.78, 5) is 14.7. The molecule has 0 spiro atoms. The smallest absolute Gasteiger partial charge is 0.356 e. The fourth-order valence-corrected chi connectivity index (χ4v) is 1.43. The van der Waals surface area contributed by atoms with Gasteiger partial charge in [0.15, 0.2) is 5.69 Å². The van der Waals surface area contributed by atoms with Crippen molar-refractivity contribution in [2.45, 2.75) is 6.61 Å². The molecule has 0 aliphatic rings. The zero-order chi connectivity index (χ0) is 11.0. The highest BCUT2D eigenvalue weighted by Crippen LogP contribution is 2.16. The van der Waals surface area contributed by atoms with Gasteiger partial charge in [0.1, 0.15) is 12.4 Å². The van der Waals surface area contributed by atoms with Crippen LogP contribution in [0.25, 0.3) is 5.52 Å². The number of nitrogens with zero attached hydrogens (tertiary/aromatic N) is 2. The van der Waals surface area contributed by atoms with Gasteiger partial charge < -0.3 is 20.3 Å². The van der Waals surface area contributed by atoms with Gasteiger partial charge in [-0.25, -0.2) is 9.78 Å². The molecule has 2 rings (SSSR count). The van der Waals surface area contributed by atoms with Gasteiger partial charge >= 0.3 is 5.97 Å². The number of aliphatic hydroxyl groups is 1. The summed E-state index contributed by atoms with van der Waals surface area (Å²) in [6.45, 7) is -0.321. The van der Waals surface area contributed by atoms with Crippen LogP contribution < -0.4 is 5.73 Å². The van der Waals surface area contributed by atoms with Crippen molar-refractivity contribution in [2.75, 3.05) is 5.73 Å². The standard InChI is InChI=1S/C9H9N3O3/c10-5-1-2-12-6(3-5)8(9(14)15)11-7(12)4-13/h1-3,13H,4,10H2,(H,14,15). The fourth-order valence-electron chi connectivity index (χ4n) is 1.43. The van der Waals surface area contributed by atoms with E-state index in [2.05, 4.69) is 4.98 Å². The quantitative estimate of drug-likeness (QED) is 0.648. The Hall–Kier alpha value is -2.08. The molecular formula is C9H9N3O3. The fraction of sp³-hybridized carbons (Fsp3) is 0.111. The van der Waals surface area contributed by atoms with Gasteiger partial charge in [0.05, 0.1) is 5.52 Å². The van der Waals surface area contributed by atoms with E-state index >= 15 is 0 Å². The molecule has 0 aromatic carbocycles. The molecule has 15 heavy (non-hydrogen) atoms. The monoisotopic (exact) mass is 207 g/mol. The van der Waals surface area contributed by atoms with Crippen molar-refractivity contribution in [2.24, 2.45) is 0 Å². The summed E-state index contributed by atoms with van der Waals surface area (Å²) < 4.78 is 1.50. The number of nitrogens with two attached hydrogens (primary N) is 1. The Labute approximate surface area is 84.6 Å². The Morgan fingerprint density at radius 3 is 2.93 bits per heavy atom. The summed E-state index contributed by atoms with van der Waals surface area (Å²) in [6.07, 6.45) is 1.58. The topological polar surface area (TPSA) is 101 Å². The van der Waals surface area contributed by atoms with Crippen molar-refractivity contribution < 1.29 is 15.0 Å². The first-order valence-electron chi connectivity index (χ1n) is 4.24. The highest BCUT2D eigenvalue weighted by molar-refractivity contribution is 5.94. The Balaban J connectivity index is 2.81. The predicted molar refractivity (Wildman–Crippen MR) is 52.5 cm³/mol. The Bertz CT molecular complexity index is 533. The normalized spacial score (nSPS) is 10.7. The van der Waals surface area contributed by atoms with E-state index in [0.717, 1.165) is 0 Å². The second-order valence-corrected chi connectivity index (χ2v) is 3.06. The number of aromatic carboxylic acids is 1. The average Bonchev–Trinajstić information content (AvgIpc) is 2.55. The lowest BCUT2D eigenvalue weighted by Crippen LogP contribution is -1.98. The third-order valence-electron chi connectivity index (χ3n) is 2.08. The molecule has 78 valence electrons. The summed E-state index contributed by atoms with van der Waals surface area (Å²) in [5.74, 6) is -0.861. The molecule has 0 saturated carbocycles. The maximum absolute atomic E-state index is 10.9. The van der Waals surface area contributed by atoms with Crippen molar-refractivity contribution in [3.8, 4) is 0 Å². The first-order valence-corrected chi connectivity index (χ1v) is 4.24. The lowest BCUT2D eigenvalue weighted by Gasteiger charge is -1.98. The minimum absolute atomic E-state index is 0.105. The SMILES string of the molecule is Nc1ccn2c(CO)nc(C(=O)O)c2c1. The zero-order valence-electron chi connectivity index (χ0n) is 7.71. The number of hydrogen-bond acceptors (Lipinski definition) is 4. The molecule has 0 fully saturated rings. The number of hydrogen-bond donors (Lipinski definition) is 3. The number of aromatic nitrogens is 2. The maximum atomic E-state index is 10.9. The van der Waals surface area contributed by atoms with E-state index in [1.807, 2.05) is 0 Å². The van der Waals surface area contributed by atoms with Gasteiger partial charge in [-0.05, 0) is 12.1 Å². The van der Waals surface area contributed by atoms with Crippen molar-refractivity contribution in [3.05, 3.63) is 29.8 Å². The molecule has 4 N–H and O–H groups in total. The first kappa shape index (κ1) is 9.47. The largest absolute Gasteiger partial charge is 0.476 e. The third kappa shape index (κ3) is 1.40. The number of anilines is 1. The van der Waals surface area contributed by atoms with Crippen LogP contribution in [-0.2, 0) is 6.61 Å². The van der Waals surface area contributed by atoms with Crippen LogP contribution in [0, 0.1) is 0 Å². The number of imidazole rings is 1. The molecule has 0 saturated heterocycles. The van der Waals surface area contributed by atoms with Crippen LogP contribution in [-0.4, -0.2) is 25.6 Å². The lowest BCUT2D eigenvalue weighted by atomic mass is 10.3. The van der Waals surface area contributed by atoms with Crippen LogP contribution in [0.5, 0.6) is 0 Å². The van der Waals surface area contributed by atoms with Crippen LogP contribution >= 0.6 is 0 Å². The number of fused-ring (bicyclic) bond motifs is 1. The van der Waals surface area contributed by atoms with E-state index in [1.54, 1.807) is 12.3 Å². The summed E-state index contributed by atoms with van der Waals surface area (Å²) in [5.41, 5.74) is 6.28. The second kappa shape index (κ2) is 3.25. The average molecular weight is 207 g/mol. The third-order valence-corrected chi connectivity index (χ3v) is 2.08. The van der Waals surface area contributed by atoms with Crippen molar-refractivity contribution in [1.82, 2.24) is 9.38 Å². The van der Waals surface area contributed by atoms with E-state index in [-0.39, 0.29) is 18.1 Å². The molecule has 0 aliphatic heterocycles. The van der Waals surface area contributed by atoms with E-state index < -0.39 is 5.97 Å². The lowest BCUT2D eigenvalue weighted by molar-refractivity contribution is 0.0693. The number of carbonyl (C=O) groups is 1. The van der Waals surface area contributed by atoms with Gasteiger partial charge in [-0.2, -0.15) is 0 Å². The van der Waals surface area contributed by atoms with Gasteiger partial charge in [-0.1, -0.05) is 0 Å². The molecule has 0 bridgehead atoms. The number of carboxylic acid groups (broad SMARTS) is 1. The van der Waals surface area contributed by atoms with Crippen LogP contribution in [0.2, 0.25) is 0 Å². The van der Waals surface area contributed by atoms with Crippen LogP contribution in [0.3, 0.4) is 0 Å². The second-order valence-electron chi connectivity index (χ2n) is 3.06. The highest BCUT2D eigenvalue weighted by Gasteiger charge is 2.15. The van der Waals surface area contributed by atoms with E-state index in [1.165, 1.54) is 10.5 Å².